The molecule has 0 aromatic carbocycles. The van der Waals surface area contributed by atoms with Gasteiger partial charge in [-0.15, -0.1) is 0 Å². The van der Waals surface area contributed by atoms with Crippen molar-refractivity contribution in [3.63, 3.8) is 0 Å². The third-order valence-electron chi connectivity index (χ3n) is 1.85. The first-order valence-corrected chi connectivity index (χ1v) is 3.01. The smallest absolute Gasteiger partial charge is 0.161 e. The first-order valence-electron chi connectivity index (χ1n) is 3.01. The molecule has 0 bridgehead atoms. The van der Waals surface area contributed by atoms with Gasteiger partial charge in [0.15, 0.2) is 7.85 Å². The fourth-order valence-corrected chi connectivity index (χ4v) is 0.779. The second kappa shape index (κ2) is 1.84. The van der Waals surface area contributed by atoms with Gasteiger partial charge in [-0.05, 0) is 5.61 Å². The highest BCUT2D eigenvalue weighted by atomic mass is 15.3. The Morgan fingerprint density at radius 3 is 2.50 bits per heavy atom. The summed E-state index contributed by atoms with van der Waals surface area (Å²) < 4.78 is 0. The standard InChI is InChI=1S/C4H10B2N2/c1-2-3(5)7-8-4(2)6/h2-3,7H,5-6H2,1H3. The highest BCUT2D eigenvalue weighted by Crippen LogP contribution is 2.05. The van der Waals surface area contributed by atoms with E-state index in [-0.39, 0.29) is 0 Å². The monoisotopic (exact) mass is 108 g/mol. The summed E-state index contributed by atoms with van der Waals surface area (Å²) in [6, 6.07) is 0. The van der Waals surface area contributed by atoms with Crippen LogP contribution in [0.2, 0.25) is 0 Å². The average Bonchev–Trinajstić information content (AvgIpc) is 1.98. The van der Waals surface area contributed by atoms with Crippen molar-refractivity contribution in [1.82, 2.24) is 5.43 Å². The van der Waals surface area contributed by atoms with Crippen molar-refractivity contribution in [3.8, 4) is 0 Å². The van der Waals surface area contributed by atoms with E-state index in [1.54, 1.807) is 0 Å². The van der Waals surface area contributed by atoms with Crippen LogP contribution >= 0.6 is 0 Å². The summed E-state index contributed by atoms with van der Waals surface area (Å²) in [4.78, 5) is 0. The van der Waals surface area contributed by atoms with E-state index >= 15 is 0 Å². The molecule has 0 fully saturated rings. The minimum absolute atomic E-state index is 0.537. The molecule has 0 saturated carbocycles. The summed E-state index contributed by atoms with van der Waals surface area (Å²) >= 11 is 0. The van der Waals surface area contributed by atoms with E-state index < -0.39 is 0 Å². The predicted octanol–water partition coefficient (Wildman–Crippen LogP) is -1.87. The first-order chi connectivity index (χ1) is 3.72. The van der Waals surface area contributed by atoms with Crippen LogP contribution in [0.4, 0.5) is 0 Å². The SMILES string of the molecule is BC1=NNC(B)C1C. The number of hydrazone groups is 1. The van der Waals surface area contributed by atoms with Crippen LogP contribution in [-0.4, -0.2) is 27.2 Å². The van der Waals surface area contributed by atoms with Gasteiger partial charge in [-0.1, -0.05) is 6.92 Å². The summed E-state index contributed by atoms with van der Waals surface area (Å²) in [5.74, 6) is 1.16. The minimum Gasteiger partial charge on any atom is -0.316 e. The van der Waals surface area contributed by atoms with Crippen molar-refractivity contribution in [1.29, 1.82) is 0 Å². The lowest BCUT2D eigenvalue weighted by Gasteiger charge is -2.07. The van der Waals surface area contributed by atoms with E-state index in [0.717, 1.165) is 0 Å². The molecule has 42 valence electrons. The maximum Gasteiger partial charge on any atom is 0.161 e. The Morgan fingerprint density at radius 1 is 1.75 bits per heavy atom. The molecule has 0 radical (unpaired) electrons. The molecule has 0 amide bonds. The van der Waals surface area contributed by atoms with Crippen LogP contribution in [0, 0.1) is 5.92 Å². The Morgan fingerprint density at radius 2 is 2.38 bits per heavy atom. The van der Waals surface area contributed by atoms with E-state index in [4.69, 9.17) is 0 Å². The summed E-state index contributed by atoms with van der Waals surface area (Å²) in [7, 11) is 4.20. The zero-order valence-corrected chi connectivity index (χ0v) is 5.60. The van der Waals surface area contributed by atoms with Crippen molar-refractivity contribution in [3.05, 3.63) is 0 Å². The summed E-state index contributed by atoms with van der Waals surface area (Å²) in [6.45, 7) is 2.18. The molecule has 0 saturated heterocycles. The largest absolute Gasteiger partial charge is 0.316 e. The third kappa shape index (κ3) is 0.746. The number of nitrogens with one attached hydrogen (secondary N) is 1. The topological polar surface area (TPSA) is 24.4 Å². The minimum atomic E-state index is 0.537. The molecular formula is C4H10B2N2. The second-order valence-electron chi connectivity index (χ2n) is 2.46. The van der Waals surface area contributed by atoms with Gasteiger partial charge in [-0.3, -0.25) is 0 Å². The van der Waals surface area contributed by atoms with Crippen molar-refractivity contribution >= 4 is 21.3 Å². The van der Waals surface area contributed by atoms with E-state index in [9.17, 15) is 0 Å². The lowest BCUT2D eigenvalue weighted by atomic mass is 9.78. The van der Waals surface area contributed by atoms with Crippen LogP contribution in [-0.2, 0) is 0 Å². The zero-order chi connectivity index (χ0) is 6.15. The van der Waals surface area contributed by atoms with Gasteiger partial charge in [0.05, 0.1) is 0 Å². The van der Waals surface area contributed by atoms with Gasteiger partial charge < -0.3 is 5.43 Å². The molecule has 1 N–H and O–H groups in total. The van der Waals surface area contributed by atoms with Crippen LogP contribution in [0.15, 0.2) is 5.10 Å². The van der Waals surface area contributed by atoms with Crippen molar-refractivity contribution in [2.24, 2.45) is 11.0 Å². The lowest BCUT2D eigenvalue weighted by Crippen LogP contribution is -2.27. The Hall–Kier alpha value is -0.400. The van der Waals surface area contributed by atoms with Gasteiger partial charge in [0, 0.05) is 11.9 Å². The molecule has 4 heteroatoms. The molecule has 0 spiro atoms. The van der Waals surface area contributed by atoms with Gasteiger partial charge in [-0.2, -0.15) is 0 Å². The molecule has 1 rings (SSSR count). The number of rotatable bonds is 0. The summed E-state index contributed by atoms with van der Waals surface area (Å²) in [5.41, 5.74) is 4.23. The number of hydrogen-bond donors (Lipinski definition) is 1. The van der Waals surface area contributed by atoms with Gasteiger partial charge >= 0.3 is 0 Å². The zero-order valence-electron chi connectivity index (χ0n) is 5.60. The molecule has 2 nitrogen and oxygen atoms in total. The Bertz CT molecular complexity index is 123. The summed E-state index contributed by atoms with van der Waals surface area (Å²) in [5, 5.41) is 4.06. The van der Waals surface area contributed by atoms with E-state index in [0.29, 0.717) is 11.9 Å². The maximum absolute atomic E-state index is 4.06. The fourth-order valence-electron chi connectivity index (χ4n) is 0.779. The molecule has 1 aliphatic rings. The Kier molecular flexibility index (Phi) is 1.32. The van der Waals surface area contributed by atoms with E-state index in [1.165, 1.54) is 5.61 Å². The van der Waals surface area contributed by atoms with Crippen LogP contribution in [0.3, 0.4) is 0 Å². The van der Waals surface area contributed by atoms with Crippen LogP contribution in [0.25, 0.3) is 0 Å². The normalized spacial score (nSPS) is 36.4. The second-order valence-corrected chi connectivity index (χ2v) is 2.46. The van der Waals surface area contributed by atoms with Crippen LogP contribution in [0.5, 0.6) is 0 Å². The average molecular weight is 108 g/mol. The van der Waals surface area contributed by atoms with Gasteiger partial charge in [0.1, 0.15) is 7.85 Å². The van der Waals surface area contributed by atoms with Crippen molar-refractivity contribution in [2.75, 3.05) is 0 Å². The van der Waals surface area contributed by atoms with Crippen LogP contribution < -0.4 is 5.43 Å². The molecule has 8 heavy (non-hydrogen) atoms. The molecule has 1 heterocycles. The summed E-state index contributed by atoms with van der Waals surface area (Å²) in [6.07, 6.45) is 0. The van der Waals surface area contributed by atoms with Gasteiger partial charge in [0.2, 0.25) is 0 Å². The molecule has 1 aliphatic heterocycles. The first kappa shape index (κ1) is 5.73. The Labute approximate surface area is 51.5 Å². The fraction of sp³-hybridized carbons (Fsp3) is 0.750. The lowest BCUT2D eigenvalue weighted by molar-refractivity contribution is 0.647. The molecule has 0 aliphatic carbocycles. The van der Waals surface area contributed by atoms with Gasteiger partial charge in [0.25, 0.3) is 0 Å². The molecule has 0 aromatic rings. The third-order valence-corrected chi connectivity index (χ3v) is 1.85. The molecule has 2 unspecified atom stereocenters. The van der Waals surface area contributed by atoms with Crippen molar-refractivity contribution < 1.29 is 0 Å². The quantitative estimate of drug-likeness (QED) is 0.361. The van der Waals surface area contributed by atoms with Crippen molar-refractivity contribution in [2.45, 2.75) is 12.9 Å². The molecule has 0 aromatic heterocycles. The maximum atomic E-state index is 4.06. The highest BCUT2D eigenvalue weighted by Gasteiger charge is 2.18. The predicted molar refractivity (Wildman–Crippen MR) is 40.6 cm³/mol. The van der Waals surface area contributed by atoms with Crippen LogP contribution in [0.1, 0.15) is 6.92 Å². The molecule has 2 atom stereocenters. The number of nitrogens with zero attached hydrogens (tertiary/aromatic N) is 1. The number of hydrogen-bond acceptors (Lipinski definition) is 2. The van der Waals surface area contributed by atoms with E-state index in [1.807, 2.05) is 0 Å². The highest BCUT2D eigenvalue weighted by molar-refractivity contribution is 6.61. The molecular weight excluding hydrogens is 97.7 g/mol. The Balaban J connectivity index is 2.59. The van der Waals surface area contributed by atoms with Gasteiger partial charge in [-0.25, -0.2) is 5.10 Å². The van der Waals surface area contributed by atoms with E-state index in [2.05, 4.69) is 33.1 Å².